The summed E-state index contributed by atoms with van der Waals surface area (Å²) in [5.41, 5.74) is 1.11. The monoisotopic (exact) mass is 529 g/mol. The Morgan fingerprint density at radius 1 is 1.03 bits per heavy atom. The number of hydrogen-bond acceptors (Lipinski definition) is 6. The van der Waals surface area contributed by atoms with Gasteiger partial charge in [-0.2, -0.15) is 0 Å². The van der Waals surface area contributed by atoms with Crippen LogP contribution < -0.4 is 40.0 Å². The molecule has 0 bridgehead atoms. The number of halogens is 2. The molecule has 3 aromatic rings. The van der Waals surface area contributed by atoms with Gasteiger partial charge in [-0.3, -0.25) is 0 Å². The zero-order chi connectivity index (χ0) is 24.2. The van der Waals surface area contributed by atoms with Crippen LogP contribution in [0.1, 0.15) is 34.5 Å². The van der Waals surface area contributed by atoms with E-state index < -0.39 is 27.5 Å². The Bertz CT molecular complexity index is 1250. The zero-order valence-electron chi connectivity index (χ0n) is 18.7. The number of benzene rings is 3. The molecule has 0 unspecified atom stereocenters. The van der Waals surface area contributed by atoms with Gasteiger partial charge in [0.25, 0.3) is 0 Å². The molecule has 0 fully saturated rings. The van der Waals surface area contributed by atoms with Crippen LogP contribution >= 0.6 is 23.2 Å². The molecule has 6 nitrogen and oxygen atoms in total. The summed E-state index contributed by atoms with van der Waals surface area (Å²) in [6.07, 6.45) is -0.121. The van der Waals surface area contributed by atoms with Crippen molar-refractivity contribution in [3.05, 3.63) is 93.5 Å². The maximum Gasteiger partial charge on any atom is 1.00 e. The molecule has 0 saturated heterocycles. The van der Waals surface area contributed by atoms with E-state index in [4.69, 9.17) is 23.2 Å². The summed E-state index contributed by atoms with van der Waals surface area (Å²) in [7, 11) is -4.07. The van der Waals surface area contributed by atoms with Crippen LogP contribution in [0.3, 0.4) is 0 Å². The predicted octanol–water partition coefficient (Wildman–Crippen LogP) is 0.448. The van der Waals surface area contributed by atoms with E-state index in [9.17, 15) is 23.4 Å². The summed E-state index contributed by atoms with van der Waals surface area (Å²) in [5, 5.41) is 25.6. The minimum Gasteiger partial charge on any atom is -0.545 e. The van der Waals surface area contributed by atoms with Crippen molar-refractivity contribution in [1.82, 2.24) is 5.32 Å². The molecule has 0 saturated carbocycles. The molecule has 3 rings (SSSR count). The minimum atomic E-state index is -4.07. The number of sulfone groups is 1. The number of aliphatic hydroxyl groups excluding tert-OH is 1. The first kappa shape index (κ1) is 28.8. The second kappa shape index (κ2) is 12.5. The van der Waals surface area contributed by atoms with Crippen LogP contribution in [0.5, 0.6) is 0 Å². The number of carboxylic acids is 1. The first-order chi connectivity index (χ1) is 15.6. The number of nitrogens with one attached hydrogen (secondary N) is 1. The molecule has 0 heterocycles. The molecular weight excluding hydrogens is 508 g/mol. The molecule has 0 aliphatic carbocycles. The molecule has 2 N–H and O–H groups in total. The molecule has 2 atom stereocenters. The van der Waals surface area contributed by atoms with Gasteiger partial charge in [-0.1, -0.05) is 47.5 Å². The number of carbonyl (C=O) groups excluding carboxylic acids is 1. The van der Waals surface area contributed by atoms with Crippen molar-refractivity contribution in [3.8, 4) is 0 Å². The van der Waals surface area contributed by atoms with Gasteiger partial charge in [0.1, 0.15) is 0 Å². The second-order valence-electron chi connectivity index (χ2n) is 7.66. The van der Waals surface area contributed by atoms with Gasteiger partial charge in [0.2, 0.25) is 9.84 Å². The van der Waals surface area contributed by atoms with Gasteiger partial charge in [0.05, 0.1) is 21.9 Å². The number of carbonyl (C=O) groups is 1. The van der Waals surface area contributed by atoms with E-state index in [2.05, 4.69) is 5.32 Å². The number of hydrogen-bond donors (Lipinski definition) is 2. The predicted molar refractivity (Wildman–Crippen MR) is 125 cm³/mol. The number of carboxylic acid groups (broad SMARTS) is 1. The van der Waals surface area contributed by atoms with Crippen LogP contribution in [0.2, 0.25) is 10.0 Å². The van der Waals surface area contributed by atoms with Crippen LogP contribution in [0.25, 0.3) is 0 Å². The molecule has 3 aromatic carbocycles. The van der Waals surface area contributed by atoms with Crippen molar-refractivity contribution < 1.29 is 53.0 Å². The number of aromatic carboxylic acids is 1. The summed E-state index contributed by atoms with van der Waals surface area (Å²) in [6.45, 7) is 2.28. The number of rotatable bonds is 9. The third-order valence-electron chi connectivity index (χ3n) is 5.12. The molecule has 0 aliphatic rings. The van der Waals surface area contributed by atoms with Gasteiger partial charge in [-0.25, -0.2) is 8.42 Å². The van der Waals surface area contributed by atoms with Crippen LogP contribution in [0, 0.1) is 0 Å². The van der Waals surface area contributed by atoms with Gasteiger partial charge in [0.15, 0.2) is 0 Å². The summed E-state index contributed by atoms with van der Waals surface area (Å²) in [6, 6.07) is 16.8. The zero-order valence-corrected chi connectivity index (χ0v) is 23.0. The van der Waals surface area contributed by atoms with Crippen molar-refractivity contribution in [3.63, 3.8) is 0 Å². The van der Waals surface area contributed by atoms with E-state index in [0.29, 0.717) is 18.0 Å². The third-order valence-corrected chi connectivity index (χ3v) is 7.42. The van der Waals surface area contributed by atoms with E-state index in [-0.39, 0.29) is 50.4 Å². The molecule has 0 radical (unpaired) electrons. The largest absolute Gasteiger partial charge is 1.00 e. The van der Waals surface area contributed by atoms with Crippen molar-refractivity contribution >= 4 is 39.0 Å². The molecule has 10 heteroatoms. The quantitative estimate of drug-likeness (QED) is 0.390. The Balaban J connectivity index is 0.00000408. The fourth-order valence-electron chi connectivity index (χ4n) is 3.40. The normalized spacial score (nSPS) is 13.1. The van der Waals surface area contributed by atoms with E-state index >= 15 is 0 Å². The second-order valence-corrected chi connectivity index (χ2v) is 10.5. The average molecular weight is 530 g/mol. The van der Waals surface area contributed by atoms with Gasteiger partial charge in [-0.05, 0) is 66.9 Å². The Morgan fingerprint density at radius 2 is 1.68 bits per heavy atom. The molecule has 0 aliphatic heterocycles. The van der Waals surface area contributed by atoms with Crippen LogP contribution in [0.4, 0.5) is 0 Å². The topological polar surface area (TPSA) is 107 Å². The third kappa shape index (κ3) is 7.29. The average Bonchev–Trinajstić information content (AvgIpc) is 2.77. The summed E-state index contributed by atoms with van der Waals surface area (Å²) in [5.74, 6) is -1.62. The molecule has 0 amide bonds. The van der Waals surface area contributed by atoms with Gasteiger partial charge >= 0.3 is 29.6 Å². The minimum absolute atomic E-state index is 0. The van der Waals surface area contributed by atoms with E-state index in [1.165, 1.54) is 18.2 Å². The fraction of sp³-hybridized carbons (Fsp3) is 0.208. The first-order valence-electron chi connectivity index (χ1n) is 10.1. The smallest absolute Gasteiger partial charge is 0.545 e. The SMILES string of the molecule is C[C@H](Cc1ccc(S(=O)(=O)c2ccc(Cl)cc2C(=O)[O-])cc1)NC[C@H](O)c1cccc(Cl)c1.[Na+]. The van der Waals surface area contributed by atoms with Crippen LogP contribution in [-0.2, 0) is 16.3 Å². The van der Waals surface area contributed by atoms with Gasteiger partial charge < -0.3 is 20.3 Å². The van der Waals surface area contributed by atoms with Crippen molar-refractivity contribution in [2.24, 2.45) is 0 Å². The maximum atomic E-state index is 13.0. The van der Waals surface area contributed by atoms with Gasteiger partial charge in [-0.15, -0.1) is 0 Å². The van der Waals surface area contributed by atoms with E-state index in [1.807, 2.05) is 6.92 Å². The number of aliphatic hydroxyl groups is 1. The molecule has 34 heavy (non-hydrogen) atoms. The maximum absolute atomic E-state index is 13.0. The Morgan fingerprint density at radius 3 is 2.29 bits per heavy atom. The van der Waals surface area contributed by atoms with E-state index in [1.54, 1.807) is 36.4 Å². The Labute approximate surface area is 231 Å². The van der Waals surface area contributed by atoms with Crippen LogP contribution in [0.15, 0.2) is 76.5 Å². The van der Waals surface area contributed by atoms with E-state index in [0.717, 1.165) is 23.3 Å². The van der Waals surface area contributed by atoms with Crippen molar-refractivity contribution in [2.45, 2.75) is 35.3 Å². The molecule has 0 spiro atoms. The summed E-state index contributed by atoms with van der Waals surface area (Å²) in [4.78, 5) is 11.0. The molecular formula is C24H22Cl2NNaO5S. The summed E-state index contributed by atoms with van der Waals surface area (Å²) >= 11 is 11.8. The first-order valence-corrected chi connectivity index (χ1v) is 12.3. The fourth-order valence-corrected chi connectivity index (χ4v) is 5.20. The Kier molecular flexibility index (Phi) is 10.6. The van der Waals surface area contributed by atoms with Crippen LogP contribution in [-0.4, -0.2) is 32.1 Å². The standard InChI is InChI=1S/C24H23Cl2NO5S.Na/c1-15(27-14-22(28)17-3-2-4-18(25)12-17)11-16-5-8-20(9-6-16)33(31,32)23-10-7-19(26)13-21(23)24(29)30;/h2-10,12-13,15,22,27-28H,11,14H2,1H3,(H,29,30);/q;+1/p-1/t15-,22+;/m1./s1. The van der Waals surface area contributed by atoms with Crippen molar-refractivity contribution in [2.75, 3.05) is 6.54 Å². The van der Waals surface area contributed by atoms with Gasteiger partial charge in [0, 0.05) is 28.2 Å². The Hall–Kier alpha value is -1.42. The van der Waals surface area contributed by atoms with Crippen molar-refractivity contribution in [1.29, 1.82) is 0 Å². The summed E-state index contributed by atoms with van der Waals surface area (Å²) < 4.78 is 25.9. The molecule has 174 valence electrons. The molecule has 0 aromatic heterocycles.